The molecule has 0 aliphatic carbocycles. The molecule has 0 atom stereocenters. The Morgan fingerprint density at radius 2 is 2.17 bits per heavy atom. The van der Waals surface area contributed by atoms with Crippen molar-refractivity contribution in [3.05, 3.63) is 61.9 Å². The number of carbonyl (C=O) groups is 1. The second-order valence-electron chi connectivity index (χ2n) is 4.67. The fourth-order valence-corrected chi connectivity index (χ4v) is 3.91. The van der Waals surface area contributed by atoms with Gasteiger partial charge in [-0.05, 0) is 18.2 Å². The fourth-order valence-electron chi connectivity index (χ4n) is 1.88. The molecule has 2 aromatic heterocycles. The van der Waals surface area contributed by atoms with Gasteiger partial charge in [0.1, 0.15) is 6.61 Å². The molecule has 0 unspecified atom stereocenters. The third-order valence-corrected chi connectivity index (χ3v) is 5.44. The summed E-state index contributed by atoms with van der Waals surface area (Å²) in [5.74, 6) is -0.343. The monoisotopic (exact) mass is 400 g/mol. The van der Waals surface area contributed by atoms with Gasteiger partial charge in [-0.25, -0.2) is 4.98 Å². The first-order valence-corrected chi connectivity index (χ1v) is 9.34. The number of benzene rings is 1. The molecule has 0 radical (unpaired) electrons. The molecule has 0 bridgehead atoms. The van der Waals surface area contributed by atoms with E-state index in [0.29, 0.717) is 25.6 Å². The van der Waals surface area contributed by atoms with E-state index in [1.807, 2.05) is 0 Å². The number of aromatic nitrogens is 2. The van der Waals surface area contributed by atoms with Crippen LogP contribution in [0, 0.1) is 0 Å². The first-order chi connectivity index (χ1) is 11.5. The molecule has 2 heterocycles. The molecule has 0 saturated carbocycles. The Hall–Kier alpha value is -1.54. The first kappa shape index (κ1) is 17.3. The Balaban J connectivity index is 1.58. The highest BCUT2D eigenvalue weighted by Gasteiger charge is 2.10. The molecule has 0 spiro atoms. The molecular weight excluding hydrogens is 391 g/mol. The van der Waals surface area contributed by atoms with Crippen LogP contribution in [0.4, 0.5) is 0 Å². The normalized spacial score (nSPS) is 10.9. The summed E-state index contributed by atoms with van der Waals surface area (Å²) in [5, 5.41) is 2.84. The van der Waals surface area contributed by atoms with Crippen LogP contribution in [0.25, 0.3) is 4.96 Å². The summed E-state index contributed by atoms with van der Waals surface area (Å²) < 4.78 is 6.60. The summed E-state index contributed by atoms with van der Waals surface area (Å²) in [6, 6.07) is 6.39. The second kappa shape index (κ2) is 7.57. The van der Waals surface area contributed by atoms with Crippen molar-refractivity contribution in [2.24, 2.45) is 0 Å². The van der Waals surface area contributed by atoms with Gasteiger partial charge < -0.3 is 4.74 Å². The van der Waals surface area contributed by atoms with E-state index >= 15 is 0 Å². The lowest BCUT2D eigenvalue weighted by molar-refractivity contribution is -0.141. The van der Waals surface area contributed by atoms with E-state index in [-0.39, 0.29) is 17.9 Å². The average molecular weight is 401 g/mol. The molecule has 0 fully saturated rings. The Morgan fingerprint density at radius 1 is 1.33 bits per heavy atom. The minimum Gasteiger partial charge on any atom is -0.459 e. The third-order valence-electron chi connectivity index (χ3n) is 2.98. The second-order valence-corrected chi connectivity index (χ2v) is 7.40. The van der Waals surface area contributed by atoms with Crippen molar-refractivity contribution in [3.8, 4) is 0 Å². The molecule has 1 aromatic carbocycles. The molecule has 0 saturated heterocycles. The van der Waals surface area contributed by atoms with E-state index in [9.17, 15) is 9.59 Å². The maximum atomic E-state index is 11.9. The van der Waals surface area contributed by atoms with Crippen LogP contribution >= 0.6 is 46.3 Å². The maximum absolute atomic E-state index is 11.9. The van der Waals surface area contributed by atoms with E-state index < -0.39 is 5.97 Å². The van der Waals surface area contributed by atoms with Gasteiger partial charge >= 0.3 is 5.97 Å². The number of esters is 1. The lowest BCUT2D eigenvalue weighted by Gasteiger charge is -2.06. The maximum Gasteiger partial charge on any atom is 0.316 e. The number of ether oxygens (including phenoxy) is 1. The van der Waals surface area contributed by atoms with Crippen LogP contribution in [0.2, 0.25) is 10.0 Å². The zero-order valence-electron chi connectivity index (χ0n) is 12.1. The van der Waals surface area contributed by atoms with E-state index in [1.165, 1.54) is 33.6 Å². The number of carbonyl (C=O) groups excluding carboxylic acids is 1. The van der Waals surface area contributed by atoms with Crippen LogP contribution in [-0.2, 0) is 16.1 Å². The van der Waals surface area contributed by atoms with E-state index in [0.717, 1.165) is 0 Å². The molecule has 124 valence electrons. The Labute approximate surface area is 155 Å². The molecule has 3 rings (SSSR count). The number of thioether (sulfide) groups is 1. The lowest BCUT2D eigenvalue weighted by Crippen LogP contribution is -2.15. The van der Waals surface area contributed by atoms with Crippen molar-refractivity contribution in [2.75, 3.05) is 5.75 Å². The number of halogens is 2. The van der Waals surface area contributed by atoms with Gasteiger partial charge in [-0.2, -0.15) is 0 Å². The van der Waals surface area contributed by atoms with Crippen LogP contribution in [0.3, 0.4) is 0 Å². The van der Waals surface area contributed by atoms with Crippen molar-refractivity contribution in [3.63, 3.8) is 0 Å². The summed E-state index contributed by atoms with van der Waals surface area (Å²) in [6.45, 7) is -0.0493. The van der Waals surface area contributed by atoms with Crippen LogP contribution in [0.15, 0.2) is 45.5 Å². The Bertz CT molecular complexity index is 955. The standard InChI is InChI=1S/C15H10Cl2N2O3S2/c16-9-1-2-11(17)12(5-9)24-8-14(21)22-7-10-6-13(20)19-3-4-23-15(19)18-10/h1-6H,7-8H2. The van der Waals surface area contributed by atoms with Gasteiger partial charge in [0.15, 0.2) is 4.96 Å². The highest BCUT2D eigenvalue weighted by Crippen LogP contribution is 2.29. The topological polar surface area (TPSA) is 60.7 Å². The van der Waals surface area contributed by atoms with Crippen molar-refractivity contribution < 1.29 is 9.53 Å². The summed E-state index contributed by atoms with van der Waals surface area (Å²) in [5.41, 5.74) is 0.217. The SMILES string of the molecule is O=C(CSc1cc(Cl)ccc1Cl)OCc1cc(=O)n2ccsc2n1. The number of rotatable bonds is 5. The molecule has 9 heteroatoms. The lowest BCUT2D eigenvalue weighted by atomic mass is 10.4. The highest BCUT2D eigenvalue weighted by atomic mass is 35.5. The quantitative estimate of drug-likeness (QED) is 0.480. The number of hydrogen-bond acceptors (Lipinski definition) is 6. The molecule has 0 N–H and O–H groups in total. The summed E-state index contributed by atoms with van der Waals surface area (Å²) >= 11 is 14.5. The smallest absolute Gasteiger partial charge is 0.316 e. The molecule has 24 heavy (non-hydrogen) atoms. The Kier molecular flexibility index (Phi) is 5.45. The van der Waals surface area contributed by atoms with E-state index in [2.05, 4.69) is 4.98 Å². The summed E-state index contributed by atoms with van der Waals surface area (Å²) in [7, 11) is 0. The van der Waals surface area contributed by atoms with Crippen LogP contribution in [0.1, 0.15) is 5.69 Å². The number of fused-ring (bicyclic) bond motifs is 1. The third kappa shape index (κ3) is 4.10. The van der Waals surface area contributed by atoms with Gasteiger partial charge in [-0.3, -0.25) is 14.0 Å². The highest BCUT2D eigenvalue weighted by molar-refractivity contribution is 8.00. The minimum absolute atomic E-state index is 0.0493. The van der Waals surface area contributed by atoms with Crippen molar-refractivity contribution in [2.45, 2.75) is 11.5 Å². The average Bonchev–Trinajstić information content (AvgIpc) is 3.03. The van der Waals surface area contributed by atoms with Crippen LogP contribution in [-0.4, -0.2) is 21.1 Å². The molecule has 0 aliphatic rings. The van der Waals surface area contributed by atoms with Crippen LogP contribution in [0.5, 0.6) is 0 Å². The number of thiazole rings is 1. The minimum atomic E-state index is -0.427. The largest absolute Gasteiger partial charge is 0.459 e. The van der Waals surface area contributed by atoms with E-state index in [1.54, 1.807) is 29.8 Å². The number of hydrogen-bond donors (Lipinski definition) is 0. The Morgan fingerprint density at radius 3 is 3.00 bits per heavy atom. The molecule has 3 aromatic rings. The van der Waals surface area contributed by atoms with Gasteiger partial charge in [-0.1, -0.05) is 23.2 Å². The molecular formula is C15H10Cl2N2O3S2. The van der Waals surface area contributed by atoms with Crippen LogP contribution < -0.4 is 5.56 Å². The van der Waals surface area contributed by atoms with Gasteiger partial charge in [-0.15, -0.1) is 23.1 Å². The van der Waals surface area contributed by atoms with E-state index in [4.69, 9.17) is 27.9 Å². The van der Waals surface area contributed by atoms with Crippen molar-refractivity contribution in [1.82, 2.24) is 9.38 Å². The van der Waals surface area contributed by atoms with Gasteiger partial charge in [0.2, 0.25) is 0 Å². The zero-order valence-corrected chi connectivity index (χ0v) is 15.2. The summed E-state index contributed by atoms with van der Waals surface area (Å²) in [4.78, 5) is 29.2. The summed E-state index contributed by atoms with van der Waals surface area (Å²) in [6.07, 6.45) is 1.65. The molecule has 5 nitrogen and oxygen atoms in total. The predicted molar refractivity (Wildman–Crippen MR) is 96.3 cm³/mol. The zero-order chi connectivity index (χ0) is 17.1. The van der Waals surface area contributed by atoms with Gasteiger partial charge in [0.25, 0.3) is 5.56 Å². The molecule has 0 aliphatic heterocycles. The van der Waals surface area contributed by atoms with Gasteiger partial charge in [0.05, 0.1) is 16.5 Å². The number of nitrogens with zero attached hydrogens (tertiary/aromatic N) is 2. The van der Waals surface area contributed by atoms with Crippen molar-refractivity contribution >= 4 is 57.2 Å². The van der Waals surface area contributed by atoms with Gasteiger partial charge in [0, 0.05) is 27.6 Å². The van der Waals surface area contributed by atoms with Crippen molar-refractivity contribution in [1.29, 1.82) is 0 Å². The first-order valence-electron chi connectivity index (χ1n) is 6.72. The molecule has 0 amide bonds. The predicted octanol–water partition coefficient (Wildman–Crippen LogP) is 3.90. The fraction of sp³-hybridized carbons (Fsp3) is 0.133.